The van der Waals surface area contributed by atoms with E-state index in [-0.39, 0.29) is 24.5 Å². The second-order valence-corrected chi connectivity index (χ2v) is 4.53. The van der Waals surface area contributed by atoms with E-state index in [0.29, 0.717) is 11.4 Å². The Kier molecular flexibility index (Phi) is 5.65. The van der Waals surface area contributed by atoms with Crippen molar-refractivity contribution >= 4 is 18.8 Å². The number of hydrogen-bond donors (Lipinski definition) is 1. The fraction of sp³-hybridized carbons (Fsp3) is 0.286. The number of thiol groups is 1. The first-order valence-corrected chi connectivity index (χ1v) is 6.91. The molecule has 0 aliphatic heterocycles. The molecule has 0 atom stereocenters. The number of benzene rings is 1. The summed E-state index contributed by atoms with van der Waals surface area (Å²) in [5.74, 6) is 0.0170. The summed E-state index contributed by atoms with van der Waals surface area (Å²) in [7, 11) is 0. The Morgan fingerprint density at radius 3 is 2.82 bits per heavy atom. The lowest BCUT2D eigenvalue weighted by molar-refractivity contribution is 0.0522. The summed E-state index contributed by atoms with van der Waals surface area (Å²) in [6.45, 7) is 0.909. The lowest BCUT2D eigenvalue weighted by Crippen LogP contribution is -2.12. The van der Waals surface area contributed by atoms with E-state index in [1.54, 1.807) is 37.4 Å². The van der Waals surface area contributed by atoms with Crippen LogP contribution in [-0.2, 0) is 11.3 Å². The molecule has 8 heteroatoms. The van der Waals surface area contributed by atoms with Crippen molar-refractivity contribution in [3.05, 3.63) is 41.6 Å². The topological polar surface area (TPSA) is 62.6 Å². The predicted molar refractivity (Wildman–Crippen MR) is 79.9 cm³/mol. The Morgan fingerprint density at radius 2 is 2.18 bits per heavy atom. The molecule has 0 aliphatic rings. The highest BCUT2D eigenvalue weighted by Crippen LogP contribution is 2.25. The molecule has 0 unspecified atom stereocenters. The highest BCUT2D eigenvalue weighted by molar-refractivity contribution is 7.78. The van der Waals surface area contributed by atoms with Gasteiger partial charge in [0, 0.05) is 17.8 Å². The first kappa shape index (κ1) is 16.2. The minimum atomic E-state index is -1.01. The van der Waals surface area contributed by atoms with Crippen LogP contribution in [0.2, 0.25) is 0 Å². The molecule has 0 amide bonds. The zero-order valence-electron chi connectivity index (χ0n) is 11.9. The standard InChI is InChI=1S/C14H15FN2O4S/c1-2-19-14(18)10-4-3-5-12(21-9-15)11(10)8-20-13-6-7-17(22)16-13/h3-7,22H,2,8-9H2,1H3. The van der Waals surface area contributed by atoms with Gasteiger partial charge in [-0.3, -0.25) is 0 Å². The summed E-state index contributed by atoms with van der Waals surface area (Å²) < 4.78 is 29.1. The molecule has 0 fully saturated rings. The van der Waals surface area contributed by atoms with Crippen molar-refractivity contribution in [3.63, 3.8) is 0 Å². The Balaban J connectivity index is 2.26. The van der Waals surface area contributed by atoms with Gasteiger partial charge in [0.1, 0.15) is 12.4 Å². The zero-order chi connectivity index (χ0) is 15.9. The van der Waals surface area contributed by atoms with Crippen LogP contribution in [-0.4, -0.2) is 28.6 Å². The normalized spacial score (nSPS) is 10.3. The molecular formula is C14H15FN2O4S. The highest BCUT2D eigenvalue weighted by Gasteiger charge is 2.18. The van der Waals surface area contributed by atoms with Crippen LogP contribution in [0, 0.1) is 0 Å². The molecule has 0 spiro atoms. The number of alkyl halides is 1. The van der Waals surface area contributed by atoms with Crippen molar-refractivity contribution in [3.8, 4) is 11.6 Å². The highest BCUT2D eigenvalue weighted by atomic mass is 32.1. The third kappa shape index (κ3) is 3.91. The van der Waals surface area contributed by atoms with E-state index >= 15 is 0 Å². The molecule has 0 bridgehead atoms. The molecule has 118 valence electrons. The number of nitrogens with zero attached hydrogens (tertiary/aromatic N) is 2. The van der Waals surface area contributed by atoms with Crippen LogP contribution in [0.15, 0.2) is 30.5 Å². The van der Waals surface area contributed by atoms with E-state index < -0.39 is 12.8 Å². The van der Waals surface area contributed by atoms with Gasteiger partial charge < -0.3 is 14.2 Å². The first-order valence-electron chi connectivity index (χ1n) is 6.51. The second kappa shape index (κ2) is 7.69. The molecule has 1 aromatic carbocycles. The SMILES string of the molecule is CCOC(=O)c1cccc(OCF)c1COc1ccn(S)n1. The number of carbonyl (C=O) groups excluding carboxylic acids is 1. The summed E-state index contributed by atoms with van der Waals surface area (Å²) in [5.41, 5.74) is 0.658. The molecule has 2 rings (SSSR count). The average molecular weight is 326 g/mol. The fourth-order valence-electron chi connectivity index (χ4n) is 1.83. The molecule has 22 heavy (non-hydrogen) atoms. The maximum absolute atomic E-state index is 12.5. The average Bonchev–Trinajstić information content (AvgIpc) is 2.92. The number of carbonyl (C=O) groups is 1. The van der Waals surface area contributed by atoms with Gasteiger partial charge in [-0.2, -0.15) is 0 Å². The third-order valence-corrected chi connectivity index (χ3v) is 2.98. The third-order valence-electron chi connectivity index (χ3n) is 2.75. The van der Waals surface area contributed by atoms with Crippen molar-refractivity contribution in [2.75, 3.05) is 13.5 Å². The van der Waals surface area contributed by atoms with E-state index in [4.69, 9.17) is 14.2 Å². The number of rotatable bonds is 7. The van der Waals surface area contributed by atoms with Gasteiger partial charge in [0.25, 0.3) is 0 Å². The summed E-state index contributed by atoms with van der Waals surface area (Å²) in [5, 5.41) is 3.94. The maximum atomic E-state index is 12.5. The molecule has 0 saturated heterocycles. The summed E-state index contributed by atoms with van der Waals surface area (Å²) >= 11 is 4.00. The van der Waals surface area contributed by atoms with Crippen molar-refractivity contribution in [1.29, 1.82) is 0 Å². The maximum Gasteiger partial charge on any atom is 0.338 e. The van der Waals surface area contributed by atoms with Crippen LogP contribution in [0.1, 0.15) is 22.8 Å². The van der Waals surface area contributed by atoms with Crippen molar-refractivity contribution in [2.24, 2.45) is 0 Å². The van der Waals surface area contributed by atoms with Crippen LogP contribution in [0.3, 0.4) is 0 Å². The molecular weight excluding hydrogens is 311 g/mol. The Morgan fingerprint density at radius 1 is 1.36 bits per heavy atom. The lowest BCUT2D eigenvalue weighted by Gasteiger charge is -2.13. The second-order valence-electron chi connectivity index (χ2n) is 4.12. The van der Waals surface area contributed by atoms with Crippen LogP contribution in [0.25, 0.3) is 0 Å². The van der Waals surface area contributed by atoms with Crippen molar-refractivity contribution in [1.82, 2.24) is 9.19 Å². The van der Waals surface area contributed by atoms with Gasteiger partial charge in [-0.15, -0.1) is 5.10 Å². The predicted octanol–water partition coefficient (Wildman–Crippen LogP) is 2.64. The Hall–Kier alpha value is -2.22. The minimum Gasteiger partial charge on any atom is -0.472 e. The monoisotopic (exact) mass is 326 g/mol. The Bertz CT molecular complexity index is 648. The van der Waals surface area contributed by atoms with E-state index in [1.807, 2.05) is 0 Å². The molecule has 2 aromatic rings. The zero-order valence-corrected chi connectivity index (χ0v) is 12.8. The summed E-state index contributed by atoms with van der Waals surface area (Å²) in [6, 6.07) is 6.32. The van der Waals surface area contributed by atoms with Gasteiger partial charge in [0.15, 0.2) is 0 Å². The Labute approximate surface area is 132 Å². The van der Waals surface area contributed by atoms with Crippen molar-refractivity contribution in [2.45, 2.75) is 13.5 Å². The number of esters is 1. The molecule has 6 nitrogen and oxygen atoms in total. The van der Waals surface area contributed by atoms with Crippen LogP contribution in [0.4, 0.5) is 4.39 Å². The van der Waals surface area contributed by atoms with Crippen LogP contribution >= 0.6 is 12.8 Å². The summed E-state index contributed by atoms with van der Waals surface area (Å²) in [4.78, 5) is 12.0. The molecule has 0 aliphatic carbocycles. The van der Waals surface area contributed by atoms with Gasteiger partial charge in [-0.05, 0) is 31.9 Å². The molecule has 0 N–H and O–H groups in total. The van der Waals surface area contributed by atoms with Crippen LogP contribution < -0.4 is 9.47 Å². The van der Waals surface area contributed by atoms with Gasteiger partial charge in [0.2, 0.25) is 12.7 Å². The fourth-order valence-corrected chi connectivity index (χ4v) is 1.98. The van der Waals surface area contributed by atoms with E-state index in [9.17, 15) is 9.18 Å². The number of halogens is 1. The quantitative estimate of drug-likeness (QED) is 0.626. The van der Waals surface area contributed by atoms with E-state index in [1.165, 1.54) is 4.09 Å². The lowest BCUT2D eigenvalue weighted by atomic mass is 10.1. The van der Waals surface area contributed by atoms with E-state index in [2.05, 4.69) is 17.9 Å². The molecule has 0 saturated carbocycles. The number of aromatic nitrogens is 2. The van der Waals surface area contributed by atoms with Crippen LogP contribution in [0.5, 0.6) is 11.6 Å². The van der Waals surface area contributed by atoms with E-state index in [0.717, 1.165) is 0 Å². The minimum absolute atomic E-state index is 0.0187. The van der Waals surface area contributed by atoms with Crippen molar-refractivity contribution < 1.29 is 23.4 Å². The van der Waals surface area contributed by atoms with Gasteiger partial charge in [-0.25, -0.2) is 13.3 Å². The number of ether oxygens (including phenoxy) is 3. The molecule has 1 heterocycles. The smallest absolute Gasteiger partial charge is 0.338 e. The van der Waals surface area contributed by atoms with Gasteiger partial charge in [0.05, 0.1) is 12.2 Å². The molecule has 1 aromatic heterocycles. The number of hydrogen-bond acceptors (Lipinski definition) is 6. The van der Waals surface area contributed by atoms with Gasteiger partial charge in [-0.1, -0.05) is 6.07 Å². The first-order chi connectivity index (χ1) is 10.7. The largest absolute Gasteiger partial charge is 0.472 e. The summed E-state index contributed by atoms with van der Waals surface area (Å²) in [6.07, 6.45) is 1.59. The molecule has 0 radical (unpaired) electrons. The van der Waals surface area contributed by atoms with Gasteiger partial charge >= 0.3 is 5.97 Å².